The molecular weight excluding hydrogens is 235 g/mol. The van der Waals surface area contributed by atoms with E-state index in [1.807, 2.05) is 6.07 Å². The highest BCUT2D eigenvalue weighted by Crippen LogP contribution is 2.24. The van der Waals surface area contributed by atoms with E-state index in [1.165, 1.54) is 6.92 Å². The van der Waals surface area contributed by atoms with Crippen molar-refractivity contribution in [2.24, 2.45) is 5.73 Å². The SMILES string of the molecule is Cc1nc(OC(F)(F)F)cc(CC#N)c1CN. The summed E-state index contributed by atoms with van der Waals surface area (Å²) in [5.41, 5.74) is 6.75. The number of pyridine rings is 1. The zero-order chi connectivity index (χ0) is 13.1. The third kappa shape index (κ3) is 3.60. The number of halogens is 3. The molecule has 0 atom stereocenters. The van der Waals surface area contributed by atoms with Crippen LogP contribution < -0.4 is 10.5 Å². The summed E-state index contributed by atoms with van der Waals surface area (Å²) < 4.78 is 39.8. The Balaban J connectivity index is 3.15. The summed E-state index contributed by atoms with van der Waals surface area (Å²) in [7, 11) is 0. The normalized spacial score (nSPS) is 11.1. The van der Waals surface area contributed by atoms with Crippen molar-refractivity contribution < 1.29 is 17.9 Å². The molecule has 1 heterocycles. The van der Waals surface area contributed by atoms with Crippen molar-refractivity contribution in [2.75, 3.05) is 0 Å². The molecule has 1 aromatic rings. The average Bonchev–Trinajstić information content (AvgIpc) is 2.15. The van der Waals surface area contributed by atoms with Crippen LogP contribution in [0.2, 0.25) is 0 Å². The van der Waals surface area contributed by atoms with E-state index in [0.717, 1.165) is 6.07 Å². The molecule has 17 heavy (non-hydrogen) atoms. The first-order chi connectivity index (χ1) is 7.87. The molecule has 0 radical (unpaired) electrons. The second-order valence-electron chi connectivity index (χ2n) is 3.27. The van der Waals surface area contributed by atoms with Crippen molar-refractivity contribution in [2.45, 2.75) is 26.3 Å². The van der Waals surface area contributed by atoms with Crippen LogP contribution in [0.15, 0.2) is 6.07 Å². The number of ether oxygens (including phenoxy) is 1. The number of hydrogen-bond acceptors (Lipinski definition) is 4. The standard InChI is InChI=1S/C10H10F3N3O/c1-6-8(5-15)7(2-3-14)4-9(16-6)17-10(11,12)13/h4H,2,5,15H2,1H3. The number of nitrogens with zero attached hydrogens (tertiary/aromatic N) is 2. The average molecular weight is 245 g/mol. The monoisotopic (exact) mass is 245 g/mol. The Kier molecular flexibility index (Phi) is 3.91. The van der Waals surface area contributed by atoms with E-state index in [2.05, 4.69) is 9.72 Å². The van der Waals surface area contributed by atoms with Gasteiger partial charge >= 0.3 is 6.36 Å². The lowest BCUT2D eigenvalue weighted by molar-refractivity contribution is -0.276. The number of rotatable bonds is 3. The zero-order valence-corrected chi connectivity index (χ0v) is 9.01. The molecule has 2 N–H and O–H groups in total. The first kappa shape index (κ1) is 13.3. The lowest BCUT2D eigenvalue weighted by Crippen LogP contribution is -2.19. The third-order valence-corrected chi connectivity index (χ3v) is 2.09. The molecule has 1 rings (SSSR count). The molecule has 92 valence electrons. The van der Waals surface area contributed by atoms with Crippen LogP contribution in [0, 0.1) is 18.3 Å². The van der Waals surface area contributed by atoms with Gasteiger partial charge in [-0.3, -0.25) is 0 Å². The predicted molar refractivity (Wildman–Crippen MR) is 52.9 cm³/mol. The van der Waals surface area contributed by atoms with Crippen molar-refractivity contribution in [3.05, 3.63) is 22.9 Å². The highest BCUT2D eigenvalue weighted by molar-refractivity contribution is 5.36. The summed E-state index contributed by atoms with van der Waals surface area (Å²) >= 11 is 0. The van der Waals surface area contributed by atoms with E-state index in [-0.39, 0.29) is 13.0 Å². The molecule has 0 aliphatic carbocycles. The highest BCUT2D eigenvalue weighted by atomic mass is 19.4. The van der Waals surface area contributed by atoms with Gasteiger partial charge in [0.05, 0.1) is 12.5 Å². The van der Waals surface area contributed by atoms with E-state index in [1.54, 1.807) is 0 Å². The Morgan fingerprint density at radius 3 is 2.65 bits per heavy atom. The van der Waals surface area contributed by atoms with Crippen LogP contribution in [0.25, 0.3) is 0 Å². The molecule has 0 unspecified atom stereocenters. The molecule has 0 fully saturated rings. The van der Waals surface area contributed by atoms with Crippen LogP contribution in [0.1, 0.15) is 16.8 Å². The van der Waals surface area contributed by atoms with Gasteiger partial charge in [-0.1, -0.05) is 0 Å². The van der Waals surface area contributed by atoms with Crippen LogP contribution in [-0.4, -0.2) is 11.3 Å². The van der Waals surface area contributed by atoms with Crippen molar-refractivity contribution >= 4 is 0 Å². The Bertz CT molecular complexity index is 451. The lowest BCUT2D eigenvalue weighted by atomic mass is 10.0. The second-order valence-corrected chi connectivity index (χ2v) is 3.27. The van der Waals surface area contributed by atoms with Gasteiger partial charge in [0.15, 0.2) is 0 Å². The largest absolute Gasteiger partial charge is 0.574 e. The van der Waals surface area contributed by atoms with Gasteiger partial charge in [0.2, 0.25) is 5.88 Å². The van der Waals surface area contributed by atoms with Gasteiger partial charge in [0.1, 0.15) is 0 Å². The quantitative estimate of drug-likeness (QED) is 0.881. The van der Waals surface area contributed by atoms with Crippen LogP contribution in [0.3, 0.4) is 0 Å². The van der Waals surface area contributed by atoms with Gasteiger partial charge in [-0.2, -0.15) is 5.26 Å². The maximum Gasteiger partial charge on any atom is 0.574 e. The summed E-state index contributed by atoms with van der Waals surface area (Å²) in [6.45, 7) is 1.63. The Labute approximate surface area is 95.8 Å². The van der Waals surface area contributed by atoms with Crippen molar-refractivity contribution in [1.82, 2.24) is 4.98 Å². The van der Waals surface area contributed by atoms with Gasteiger partial charge in [0.25, 0.3) is 0 Å². The number of aromatic nitrogens is 1. The fourth-order valence-corrected chi connectivity index (χ4v) is 1.43. The van der Waals surface area contributed by atoms with Crippen LogP contribution in [-0.2, 0) is 13.0 Å². The molecule has 0 bridgehead atoms. The molecule has 4 nitrogen and oxygen atoms in total. The van der Waals surface area contributed by atoms with E-state index in [9.17, 15) is 13.2 Å². The summed E-state index contributed by atoms with van der Waals surface area (Å²) in [5.74, 6) is -0.572. The minimum atomic E-state index is -4.80. The number of nitriles is 1. The smallest absolute Gasteiger partial charge is 0.388 e. The fraction of sp³-hybridized carbons (Fsp3) is 0.400. The molecule has 0 aliphatic heterocycles. The van der Waals surface area contributed by atoms with E-state index in [4.69, 9.17) is 11.0 Å². The van der Waals surface area contributed by atoms with Gasteiger partial charge in [-0.05, 0) is 18.1 Å². The number of alkyl halides is 3. The minimum Gasteiger partial charge on any atom is -0.388 e. The number of hydrogen-bond donors (Lipinski definition) is 1. The van der Waals surface area contributed by atoms with Gasteiger partial charge in [-0.15, -0.1) is 13.2 Å². The zero-order valence-electron chi connectivity index (χ0n) is 9.01. The number of aryl methyl sites for hydroxylation is 1. The molecule has 0 saturated carbocycles. The topological polar surface area (TPSA) is 71.9 Å². The van der Waals surface area contributed by atoms with Crippen molar-refractivity contribution in [3.8, 4) is 11.9 Å². The van der Waals surface area contributed by atoms with Crippen molar-refractivity contribution in [3.63, 3.8) is 0 Å². The van der Waals surface area contributed by atoms with Crippen molar-refractivity contribution in [1.29, 1.82) is 5.26 Å². The van der Waals surface area contributed by atoms with Gasteiger partial charge in [0, 0.05) is 18.3 Å². The fourth-order valence-electron chi connectivity index (χ4n) is 1.43. The second kappa shape index (κ2) is 5.01. The molecule has 0 amide bonds. The maximum absolute atomic E-state index is 12.0. The van der Waals surface area contributed by atoms with Gasteiger partial charge < -0.3 is 10.5 Å². The minimum absolute atomic E-state index is 0.0376. The first-order valence-electron chi connectivity index (χ1n) is 4.69. The molecule has 0 spiro atoms. The predicted octanol–water partition coefficient (Wildman–Crippen LogP) is 1.81. The van der Waals surface area contributed by atoms with Gasteiger partial charge in [-0.25, -0.2) is 4.98 Å². The van der Waals surface area contributed by atoms with Crippen LogP contribution in [0.4, 0.5) is 13.2 Å². The van der Waals surface area contributed by atoms with E-state index >= 15 is 0 Å². The van der Waals surface area contributed by atoms with Crippen LogP contribution >= 0.6 is 0 Å². The molecule has 0 saturated heterocycles. The summed E-state index contributed by atoms with van der Waals surface area (Å²) in [6.07, 6.45) is -4.84. The van der Waals surface area contributed by atoms with Crippen LogP contribution in [0.5, 0.6) is 5.88 Å². The molecule has 1 aromatic heterocycles. The number of nitrogens with two attached hydrogens (primary N) is 1. The summed E-state index contributed by atoms with van der Waals surface area (Å²) in [4.78, 5) is 3.64. The van der Waals surface area contributed by atoms with E-state index in [0.29, 0.717) is 16.8 Å². The lowest BCUT2D eigenvalue weighted by Gasteiger charge is -2.13. The molecule has 7 heteroatoms. The maximum atomic E-state index is 12.0. The van der Waals surface area contributed by atoms with E-state index < -0.39 is 12.2 Å². The Morgan fingerprint density at radius 1 is 1.53 bits per heavy atom. The Morgan fingerprint density at radius 2 is 2.18 bits per heavy atom. The molecular formula is C10H10F3N3O. The molecule has 0 aliphatic rings. The molecule has 0 aromatic carbocycles. The summed E-state index contributed by atoms with van der Waals surface area (Å²) in [5, 5.41) is 8.58. The summed E-state index contributed by atoms with van der Waals surface area (Å²) in [6, 6.07) is 2.95. The first-order valence-corrected chi connectivity index (χ1v) is 4.69. The Hall–Kier alpha value is -1.81. The third-order valence-electron chi connectivity index (χ3n) is 2.09. The highest BCUT2D eigenvalue weighted by Gasteiger charge is 2.32.